The molecule has 0 aromatic heterocycles. The number of halogens is 2. The van der Waals surface area contributed by atoms with Crippen molar-refractivity contribution in [3.8, 4) is 0 Å². The van der Waals surface area contributed by atoms with Crippen LogP contribution in [0.3, 0.4) is 0 Å². The second kappa shape index (κ2) is 8.50. The van der Waals surface area contributed by atoms with Crippen molar-refractivity contribution < 1.29 is 26.8 Å². The molecule has 0 radical (unpaired) electrons. The van der Waals surface area contributed by atoms with Gasteiger partial charge in [0.25, 0.3) is 0 Å². The number of amides is 2. The third-order valence-corrected chi connectivity index (χ3v) is 7.35. The molecule has 2 amide bonds. The number of nitrogens with one attached hydrogen (secondary N) is 2. The molecular formula is C19H18F2N2O4S2. The third kappa shape index (κ3) is 5.13. The minimum Gasteiger partial charge on any atom is -0.325 e. The van der Waals surface area contributed by atoms with Gasteiger partial charge in [-0.25, -0.2) is 17.2 Å². The Balaban J connectivity index is 1.70. The number of sulfone groups is 1. The van der Waals surface area contributed by atoms with E-state index in [1.165, 1.54) is 23.9 Å². The number of rotatable bonds is 5. The van der Waals surface area contributed by atoms with E-state index in [4.69, 9.17) is 0 Å². The van der Waals surface area contributed by atoms with Gasteiger partial charge in [0.2, 0.25) is 11.8 Å². The molecule has 2 aromatic rings. The van der Waals surface area contributed by atoms with Crippen LogP contribution in [0.4, 0.5) is 20.2 Å². The molecule has 2 aromatic carbocycles. The molecule has 6 nitrogen and oxygen atoms in total. The lowest BCUT2D eigenvalue weighted by molar-refractivity contribution is -0.118. The van der Waals surface area contributed by atoms with Crippen LogP contribution >= 0.6 is 11.8 Å². The molecule has 1 atom stereocenters. The lowest BCUT2D eigenvalue weighted by Gasteiger charge is -2.10. The molecule has 0 spiro atoms. The van der Waals surface area contributed by atoms with Gasteiger partial charge in [-0.2, -0.15) is 0 Å². The first-order valence-corrected chi connectivity index (χ1v) is 11.3. The third-order valence-electron chi connectivity index (χ3n) is 4.30. The number of carbonyl (C=O) groups is 2. The minimum absolute atomic E-state index is 0.0311. The van der Waals surface area contributed by atoms with Crippen molar-refractivity contribution in [1.82, 2.24) is 0 Å². The maximum atomic E-state index is 13.6. The van der Waals surface area contributed by atoms with E-state index in [0.29, 0.717) is 11.4 Å². The topological polar surface area (TPSA) is 92.3 Å². The van der Waals surface area contributed by atoms with Gasteiger partial charge in [-0.1, -0.05) is 6.92 Å². The van der Waals surface area contributed by atoms with E-state index in [1.807, 2.05) is 0 Å². The number of benzene rings is 2. The van der Waals surface area contributed by atoms with E-state index >= 15 is 0 Å². The van der Waals surface area contributed by atoms with E-state index in [1.54, 1.807) is 13.0 Å². The van der Waals surface area contributed by atoms with E-state index < -0.39 is 39.6 Å². The second-order valence-electron chi connectivity index (χ2n) is 6.60. The highest BCUT2D eigenvalue weighted by Gasteiger charge is 2.23. The Labute approximate surface area is 171 Å². The highest BCUT2D eigenvalue weighted by atomic mass is 32.2. The van der Waals surface area contributed by atoms with E-state index in [2.05, 4.69) is 10.6 Å². The molecule has 1 aliphatic rings. The predicted molar refractivity (Wildman–Crippen MR) is 107 cm³/mol. The average Bonchev–Trinajstić information content (AvgIpc) is 2.81. The molecule has 3 rings (SSSR count). The van der Waals surface area contributed by atoms with Gasteiger partial charge < -0.3 is 10.6 Å². The van der Waals surface area contributed by atoms with Crippen LogP contribution in [0.5, 0.6) is 0 Å². The van der Waals surface area contributed by atoms with Crippen LogP contribution in [0, 0.1) is 17.6 Å². The zero-order chi connectivity index (χ0) is 21.2. The Bertz CT molecular complexity index is 1070. The van der Waals surface area contributed by atoms with Gasteiger partial charge in [0, 0.05) is 29.1 Å². The number of fused-ring (bicyclic) bond motifs is 1. The van der Waals surface area contributed by atoms with Crippen LogP contribution in [0.2, 0.25) is 0 Å². The molecule has 1 heterocycles. The Morgan fingerprint density at radius 2 is 2.00 bits per heavy atom. The monoisotopic (exact) mass is 440 g/mol. The summed E-state index contributed by atoms with van der Waals surface area (Å²) < 4.78 is 51.9. The van der Waals surface area contributed by atoms with Gasteiger partial charge in [-0.3, -0.25) is 9.59 Å². The Kier molecular flexibility index (Phi) is 6.23. The van der Waals surface area contributed by atoms with Crippen LogP contribution in [0.15, 0.2) is 46.2 Å². The van der Waals surface area contributed by atoms with Crippen molar-refractivity contribution in [2.75, 3.05) is 22.1 Å². The summed E-state index contributed by atoms with van der Waals surface area (Å²) in [6.45, 7) is 1.78. The Hall–Kier alpha value is -2.46. The fraction of sp³-hybridized carbons (Fsp3) is 0.263. The number of carbonyl (C=O) groups excluding carboxylic acids is 2. The molecule has 2 N–H and O–H groups in total. The molecular weight excluding hydrogens is 422 g/mol. The number of hydrogen-bond acceptors (Lipinski definition) is 5. The fourth-order valence-electron chi connectivity index (χ4n) is 2.62. The number of thioether (sulfide) groups is 1. The lowest BCUT2D eigenvalue weighted by atomic mass is 10.2. The zero-order valence-corrected chi connectivity index (χ0v) is 17.0. The Morgan fingerprint density at radius 3 is 2.76 bits per heavy atom. The van der Waals surface area contributed by atoms with Crippen LogP contribution in [0.1, 0.15) is 13.3 Å². The molecule has 0 aliphatic carbocycles. The quantitative estimate of drug-likeness (QED) is 0.743. The van der Waals surface area contributed by atoms with Crippen LogP contribution < -0.4 is 10.6 Å². The molecule has 0 unspecified atom stereocenters. The first-order chi connectivity index (χ1) is 13.7. The predicted octanol–water partition coefficient (Wildman–Crippen LogP) is 3.45. The fourth-order valence-corrected chi connectivity index (χ4v) is 4.90. The van der Waals surface area contributed by atoms with Crippen molar-refractivity contribution in [3.05, 3.63) is 48.0 Å². The number of anilines is 2. The first kappa shape index (κ1) is 21.3. The average molecular weight is 440 g/mol. The molecule has 10 heteroatoms. The van der Waals surface area contributed by atoms with Crippen molar-refractivity contribution in [3.63, 3.8) is 0 Å². The maximum absolute atomic E-state index is 13.6. The normalized spacial score (nSPS) is 16.5. The summed E-state index contributed by atoms with van der Waals surface area (Å²) in [7, 11) is -3.83. The highest BCUT2D eigenvalue weighted by molar-refractivity contribution is 7.99. The molecule has 29 heavy (non-hydrogen) atoms. The molecule has 0 fully saturated rings. The highest BCUT2D eigenvalue weighted by Crippen LogP contribution is 2.34. The second-order valence-corrected chi connectivity index (χ2v) is 9.77. The summed E-state index contributed by atoms with van der Waals surface area (Å²) in [5, 5.41) is 4.88. The first-order valence-electron chi connectivity index (χ1n) is 8.71. The van der Waals surface area contributed by atoms with Gasteiger partial charge in [0.05, 0.1) is 22.0 Å². The van der Waals surface area contributed by atoms with Crippen molar-refractivity contribution in [2.24, 2.45) is 5.92 Å². The molecule has 1 aliphatic heterocycles. The van der Waals surface area contributed by atoms with Crippen molar-refractivity contribution >= 4 is 44.8 Å². The summed E-state index contributed by atoms with van der Waals surface area (Å²) in [6, 6.07) is 7.00. The zero-order valence-electron chi connectivity index (χ0n) is 15.4. The van der Waals surface area contributed by atoms with Crippen LogP contribution in [-0.2, 0) is 19.4 Å². The standard InChI is InChI=1S/C19H18F2N2O4S2/c1-11-10-28-17-5-3-13(9-16(17)23-19(11)25)29(26,27)7-6-18(24)22-15-8-12(20)2-4-14(15)21/h2-5,8-9,11H,6-7,10H2,1H3,(H,22,24)(H,23,25)/t11-/m1/s1. The summed E-state index contributed by atoms with van der Waals surface area (Å²) >= 11 is 1.45. The van der Waals surface area contributed by atoms with Crippen LogP contribution in [-0.4, -0.2) is 31.7 Å². The maximum Gasteiger partial charge on any atom is 0.228 e. The van der Waals surface area contributed by atoms with E-state index in [-0.39, 0.29) is 22.4 Å². The summed E-state index contributed by atoms with van der Waals surface area (Å²) in [5.74, 6) is -2.65. The van der Waals surface area contributed by atoms with Gasteiger partial charge in [0.1, 0.15) is 11.6 Å². The van der Waals surface area contributed by atoms with Gasteiger partial charge in [-0.05, 0) is 30.3 Å². The largest absolute Gasteiger partial charge is 0.325 e. The SMILES string of the molecule is C[C@@H]1CSc2ccc(S(=O)(=O)CCC(=O)Nc3cc(F)ccc3F)cc2NC1=O. The summed E-state index contributed by atoms with van der Waals surface area (Å²) in [4.78, 5) is 24.7. The van der Waals surface area contributed by atoms with Crippen LogP contribution in [0.25, 0.3) is 0 Å². The smallest absolute Gasteiger partial charge is 0.228 e. The summed E-state index contributed by atoms with van der Waals surface area (Å²) in [5.41, 5.74) is 0.0583. The molecule has 154 valence electrons. The molecule has 0 saturated heterocycles. The van der Waals surface area contributed by atoms with Gasteiger partial charge in [-0.15, -0.1) is 11.8 Å². The van der Waals surface area contributed by atoms with E-state index in [0.717, 1.165) is 23.1 Å². The Morgan fingerprint density at radius 1 is 1.24 bits per heavy atom. The van der Waals surface area contributed by atoms with Crippen molar-refractivity contribution in [1.29, 1.82) is 0 Å². The van der Waals surface area contributed by atoms with Gasteiger partial charge in [0.15, 0.2) is 9.84 Å². The lowest BCUT2D eigenvalue weighted by Crippen LogP contribution is -2.20. The number of hydrogen-bond donors (Lipinski definition) is 2. The van der Waals surface area contributed by atoms with Crippen molar-refractivity contribution in [2.45, 2.75) is 23.1 Å². The van der Waals surface area contributed by atoms with Gasteiger partial charge >= 0.3 is 0 Å². The molecule has 0 saturated carbocycles. The molecule has 0 bridgehead atoms. The summed E-state index contributed by atoms with van der Waals surface area (Å²) in [6.07, 6.45) is -0.437. The minimum atomic E-state index is -3.83. The van der Waals surface area contributed by atoms with E-state index in [9.17, 15) is 26.8 Å².